The first-order valence-electron chi connectivity index (χ1n) is 7.10. The molecule has 1 aromatic carbocycles. The Bertz CT molecular complexity index is 456. The van der Waals surface area contributed by atoms with Gasteiger partial charge in [-0.05, 0) is 54.2 Å². The molecule has 0 saturated heterocycles. The molecular formula is C16H21BrFN. The van der Waals surface area contributed by atoms with Crippen LogP contribution in [-0.4, -0.2) is 6.54 Å². The summed E-state index contributed by atoms with van der Waals surface area (Å²) in [6.45, 7) is 2.91. The molecular weight excluding hydrogens is 305 g/mol. The molecule has 1 unspecified atom stereocenters. The maximum absolute atomic E-state index is 14.3. The molecule has 1 aromatic rings. The normalized spacial score (nSPS) is 17.7. The first-order valence-corrected chi connectivity index (χ1v) is 7.89. The smallest absolute Gasteiger partial charge is 0.142 e. The van der Waals surface area contributed by atoms with E-state index in [1.807, 2.05) is 12.1 Å². The summed E-state index contributed by atoms with van der Waals surface area (Å²) in [5, 5.41) is 3.44. The molecule has 0 spiro atoms. The summed E-state index contributed by atoms with van der Waals surface area (Å²) in [7, 11) is 0. The van der Waals surface area contributed by atoms with Crippen LogP contribution in [0.2, 0.25) is 0 Å². The Balaban J connectivity index is 2.33. The second-order valence-corrected chi connectivity index (χ2v) is 5.87. The quantitative estimate of drug-likeness (QED) is 0.757. The van der Waals surface area contributed by atoms with Crippen LogP contribution in [0.1, 0.15) is 50.6 Å². The number of hydrogen-bond donors (Lipinski definition) is 1. The average molecular weight is 326 g/mol. The summed E-state index contributed by atoms with van der Waals surface area (Å²) in [4.78, 5) is 0. The lowest BCUT2D eigenvalue weighted by molar-refractivity contribution is 0.537. The summed E-state index contributed by atoms with van der Waals surface area (Å²) in [5.74, 6) is -0.140. The topological polar surface area (TPSA) is 12.0 Å². The molecule has 104 valence electrons. The van der Waals surface area contributed by atoms with Crippen molar-refractivity contribution in [1.29, 1.82) is 0 Å². The molecule has 1 N–H and O–H groups in total. The van der Waals surface area contributed by atoms with E-state index >= 15 is 0 Å². The fourth-order valence-electron chi connectivity index (χ4n) is 2.69. The van der Waals surface area contributed by atoms with E-state index < -0.39 is 0 Å². The van der Waals surface area contributed by atoms with E-state index in [0.29, 0.717) is 4.47 Å². The van der Waals surface area contributed by atoms with Crippen LogP contribution in [0.25, 0.3) is 0 Å². The highest BCUT2D eigenvalue weighted by Gasteiger charge is 2.20. The van der Waals surface area contributed by atoms with E-state index in [2.05, 4.69) is 34.2 Å². The summed E-state index contributed by atoms with van der Waals surface area (Å²) >= 11 is 3.28. The number of nitrogens with one attached hydrogen (secondary N) is 1. The monoisotopic (exact) mass is 325 g/mol. The molecule has 3 heteroatoms. The van der Waals surface area contributed by atoms with Crippen molar-refractivity contribution in [1.82, 2.24) is 5.32 Å². The second-order valence-electron chi connectivity index (χ2n) is 5.01. The molecule has 1 aliphatic carbocycles. The molecule has 0 aliphatic heterocycles. The SMILES string of the molecule is CCNC(C1=CCCCCC1)c1cccc(Br)c1F. The van der Waals surface area contributed by atoms with Gasteiger partial charge in [-0.1, -0.05) is 37.1 Å². The van der Waals surface area contributed by atoms with E-state index in [-0.39, 0.29) is 11.9 Å². The lowest BCUT2D eigenvalue weighted by Crippen LogP contribution is -2.24. The summed E-state index contributed by atoms with van der Waals surface area (Å²) < 4.78 is 14.9. The van der Waals surface area contributed by atoms with Gasteiger partial charge in [0.05, 0.1) is 10.5 Å². The third-order valence-corrected chi connectivity index (χ3v) is 4.26. The van der Waals surface area contributed by atoms with E-state index in [1.165, 1.54) is 24.8 Å². The average Bonchev–Trinajstić information content (AvgIpc) is 2.68. The minimum absolute atomic E-state index is 0.0144. The molecule has 0 bridgehead atoms. The van der Waals surface area contributed by atoms with Crippen molar-refractivity contribution in [3.8, 4) is 0 Å². The van der Waals surface area contributed by atoms with Crippen LogP contribution in [0, 0.1) is 5.82 Å². The molecule has 0 saturated carbocycles. The van der Waals surface area contributed by atoms with Crippen LogP contribution in [-0.2, 0) is 0 Å². The number of hydrogen-bond acceptors (Lipinski definition) is 1. The molecule has 0 amide bonds. The number of benzene rings is 1. The zero-order valence-electron chi connectivity index (χ0n) is 11.4. The van der Waals surface area contributed by atoms with Gasteiger partial charge in [0, 0.05) is 5.56 Å². The Morgan fingerprint density at radius 1 is 1.32 bits per heavy atom. The summed E-state index contributed by atoms with van der Waals surface area (Å²) in [6, 6.07) is 5.56. The highest BCUT2D eigenvalue weighted by Crippen LogP contribution is 2.32. The zero-order chi connectivity index (χ0) is 13.7. The molecule has 0 radical (unpaired) electrons. The molecule has 1 nitrogen and oxygen atoms in total. The first-order chi connectivity index (χ1) is 9.24. The standard InChI is InChI=1S/C16H21BrFN/c1-2-19-16(12-8-5-3-4-6-9-12)13-10-7-11-14(17)15(13)18/h7-8,10-11,16,19H,2-6,9H2,1H3. The van der Waals surface area contributed by atoms with Gasteiger partial charge in [0.15, 0.2) is 0 Å². The fraction of sp³-hybridized carbons (Fsp3) is 0.500. The van der Waals surface area contributed by atoms with Gasteiger partial charge < -0.3 is 5.32 Å². The fourth-order valence-corrected chi connectivity index (χ4v) is 3.07. The Hall–Kier alpha value is -0.670. The maximum Gasteiger partial charge on any atom is 0.142 e. The number of halogens is 2. The predicted octanol–water partition coefficient (Wildman–Crippen LogP) is 5.13. The lowest BCUT2D eigenvalue weighted by atomic mass is 9.94. The minimum Gasteiger partial charge on any atom is -0.307 e. The molecule has 1 atom stereocenters. The van der Waals surface area contributed by atoms with Crippen LogP contribution in [0.5, 0.6) is 0 Å². The van der Waals surface area contributed by atoms with Crippen LogP contribution in [0.4, 0.5) is 4.39 Å². The van der Waals surface area contributed by atoms with Gasteiger partial charge in [0.25, 0.3) is 0 Å². The molecule has 19 heavy (non-hydrogen) atoms. The van der Waals surface area contributed by atoms with Crippen LogP contribution in [0.3, 0.4) is 0 Å². The Morgan fingerprint density at radius 3 is 2.95 bits per heavy atom. The third-order valence-electron chi connectivity index (χ3n) is 3.65. The molecule has 2 rings (SSSR count). The van der Waals surface area contributed by atoms with Gasteiger partial charge in [-0.25, -0.2) is 4.39 Å². The first kappa shape index (κ1) is 14.7. The largest absolute Gasteiger partial charge is 0.307 e. The maximum atomic E-state index is 14.3. The van der Waals surface area contributed by atoms with Gasteiger partial charge in [-0.2, -0.15) is 0 Å². The van der Waals surface area contributed by atoms with Gasteiger partial charge in [-0.3, -0.25) is 0 Å². The Labute approximate surface area is 123 Å². The highest BCUT2D eigenvalue weighted by atomic mass is 79.9. The summed E-state index contributed by atoms with van der Waals surface area (Å²) in [5.41, 5.74) is 2.10. The molecule has 0 fully saturated rings. The molecule has 0 heterocycles. The van der Waals surface area contributed by atoms with Crippen LogP contribution in [0.15, 0.2) is 34.3 Å². The second kappa shape index (κ2) is 7.20. The lowest BCUT2D eigenvalue weighted by Gasteiger charge is -2.22. The zero-order valence-corrected chi connectivity index (χ0v) is 13.0. The van der Waals surface area contributed by atoms with Gasteiger partial charge in [0.1, 0.15) is 5.82 Å². The third kappa shape index (κ3) is 3.67. The number of rotatable bonds is 4. The van der Waals surface area contributed by atoms with E-state index in [1.54, 1.807) is 6.07 Å². The molecule has 1 aliphatic rings. The van der Waals surface area contributed by atoms with E-state index in [4.69, 9.17) is 0 Å². The van der Waals surface area contributed by atoms with Crippen molar-refractivity contribution in [2.24, 2.45) is 0 Å². The van der Waals surface area contributed by atoms with Crippen molar-refractivity contribution in [3.05, 3.63) is 45.7 Å². The van der Waals surface area contributed by atoms with Crippen LogP contribution < -0.4 is 5.32 Å². The van der Waals surface area contributed by atoms with Crippen molar-refractivity contribution >= 4 is 15.9 Å². The van der Waals surface area contributed by atoms with Crippen molar-refractivity contribution in [2.45, 2.75) is 45.1 Å². The molecule has 0 aromatic heterocycles. The van der Waals surface area contributed by atoms with Crippen molar-refractivity contribution < 1.29 is 4.39 Å². The van der Waals surface area contributed by atoms with E-state index in [9.17, 15) is 4.39 Å². The van der Waals surface area contributed by atoms with Crippen LogP contribution >= 0.6 is 15.9 Å². The van der Waals surface area contributed by atoms with E-state index in [0.717, 1.165) is 24.9 Å². The highest BCUT2D eigenvalue weighted by molar-refractivity contribution is 9.10. The van der Waals surface area contributed by atoms with Gasteiger partial charge in [0.2, 0.25) is 0 Å². The Morgan fingerprint density at radius 2 is 2.16 bits per heavy atom. The summed E-state index contributed by atoms with van der Waals surface area (Å²) in [6.07, 6.45) is 8.24. The Kier molecular flexibility index (Phi) is 5.59. The number of allylic oxidation sites excluding steroid dienone is 1. The minimum atomic E-state index is -0.140. The van der Waals surface area contributed by atoms with Crippen molar-refractivity contribution in [2.75, 3.05) is 6.54 Å². The van der Waals surface area contributed by atoms with Crippen molar-refractivity contribution in [3.63, 3.8) is 0 Å². The van der Waals surface area contributed by atoms with Gasteiger partial charge in [-0.15, -0.1) is 0 Å². The number of likely N-dealkylation sites (N-methyl/N-ethyl adjacent to an activating group) is 1. The predicted molar refractivity (Wildman–Crippen MR) is 81.7 cm³/mol. The van der Waals surface area contributed by atoms with Gasteiger partial charge >= 0.3 is 0 Å².